The Kier molecular flexibility index (Phi) is 11.3. The second-order valence-electron chi connectivity index (χ2n) is 8.43. The van der Waals surface area contributed by atoms with Crippen molar-refractivity contribution in [3.05, 3.63) is 57.2 Å². The number of amides is 2. The Labute approximate surface area is 246 Å². The van der Waals surface area contributed by atoms with E-state index < -0.39 is 24.3 Å². The third-order valence-corrected chi connectivity index (χ3v) is 6.13. The Bertz CT molecular complexity index is 1370. The van der Waals surface area contributed by atoms with Crippen molar-refractivity contribution in [2.45, 2.75) is 26.1 Å². The van der Waals surface area contributed by atoms with Crippen LogP contribution in [0.4, 0.5) is 4.79 Å². The molecule has 2 amide bonds. The fraction of sp³-hybridized carbons (Fsp3) is 0.321. The number of hydrogen-bond acceptors (Lipinski definition) is 10. The van der Waals surface area contributed by atoms with Gasteiger partial charge in [0.1, 0.15) is 13.2 Å². The average molecular weight is 631 g/mol. The van der Waals surface area contributed by atoms with Gasteiger partial charge in [-0.3, -0.25) is 5.43 Å². The van der Waals surface area contributed by atoms with E-state index in [-0.39, 0.29) is 18.8 Å². The third kappa shape index (κ3) is 8.06. The molecule has 0 saturated carbocycles. The molecule has 3 rings (SSSR count). The van der Waals surface area contributed by atoms with Crippen molar-refractivity contribution in [3.8, 4) is 35.3 Å². The summed E-state index contributed by atoms with van der Waals surface area (Å²) in [6, 6.07) is 7.22. The largest absolute Gasteiger partial charge is 0.493 e. The second kappa shape index (κ2) is 14.8. The van der Waals surface area contributed by atoms with Crippen molar-refractivity contribution < 1.29 is 38.4 Å². The minimum Gasteiger partial charge on any atom is -0.493 e. The van der Waals surface area contributed by atoms with Gasteiger partial charge in [-0.1, -0.05) is 27.9 Å². The maximum Gasteiger partial charge on any atom is 0.337 e. The summed E-state index contributed by atoms with van der Waals surface area (Å²) in [6.45, 7) is 3.59. The predicted octanol–water partition coefficient (Wildman–Crippen LogP) is 2.99. The minimum atomic E-state index is -1.19. The van der Waals surface area contributed by atoms with Gasteiger partial charge in [0.15, 0.2) is 29.2 Å². The number of esters is 1. The monoisotopic (exact) mass is 630 g/mol. The molecule has 1 aliphatic rings. The van der Waals surface area contributed by atoms with E-state index in [4.69, 9.17) is 30.1 Å². The van der Waals surface area contributed by atoms with E-state index in [9.17, 15) is 14.7 Å². The highest BCUT2D eigenvalue weighted by Crippen LogP contribution is 2.35. The van der Waals surface area contributed by atoms with Gasteiger partial charge in [-0.15, -0.1) is 6.42 Å². The van der Waals surface area contributed by atoms with Crippen LogP contribution in [0.25, 0.3) is 0 Å². The first-order chi connectivity index (χ1) is 19.7. The van der Waals surface area contributed by atoms with Gasteiger partial charge < -0.3 is 39.4 Å². The first-order valence-corrected chi connectivity index (χ1v) is 13.2. The standard InChI is InChI=1S/C28H31BrN4O8/c1-6-10-40-26-18(11-19(29)13-22(26)37-4)14-30-33-23(34)15-41-20-9-8-17(12-21(20)39-7-2)25-24(27(35)38-5)16(3)31-28(36)32-25/h1,8-9,11-14,23,25,33-34H,7,10,15H2,2-5H3,(H2,31,32,36)/b30-14+/t23-,25-/m0/s1. The zero-order valence-electron chi connectivity index (χ0n) is 22.9. The molecular weight excluding hydrogens is 600 g/mol. The lowest BCUT2D eigenvalue weighted by Crippen LogP contribution is -2.45. The van der Waals surface area contributed by atoms with Crippen LogP contribution >= 0.6 is 15.9 Å². The fourth-order valence-corrected chi connectivity index (χ4v) is 4.37. The number of halogens is 1. The van der Waals surface area contributed by atoms with Gasteiger partial charge in [0.05, 0.1) is 38.7 Å². The quantitative estimate of drug-likeness (QED) is 0.0861. The molecule has 1 aliphatic heterocycles. The molecule has 0 bridgehead atoms. The van der Waals surface area contributed by atoms with Gasteiger partial charge in [-0.2, -0.15) is 5.10 Å². The van der Waals surface area contributed by atoms with Gasteiger partial charge in [0.2, 0.25) is 0 Å². The molecule has 0 radical (unpaired) electrons. The van der Waals surface area contributed by atoms with Crippen LogP contribution < -0.4 is 35.0 Å². The van der Waals surface area contributed by atoms with Crippen LogP contribution in [-0.4, -0.2) is 63.6 Å². The van der Waals surface area contributed by atoms with Crippen LogP contribution in [0.15, 0.2) is 51.2 Å². The Hall–Kier alpha value is -4.41. The molecule has 41 heavy (non-hydrogen) atoms. The smallest absolute Gasteiger partial charge is 0.337 e. The molecule has 0 saturated heterocycles. The lowest BCUT2D eigenvalue weighted by Gasteiger charge is -2.28. The Morgan fingerprint density at radius 3 is 2.68 bits per heavy atom. The summed E-state index contributed by atoms with van der Waals surface area (Å²) in [7, 11) is 2.77. The molecule has 0 aliphatic carbocycles. The van der Waals surface area contributed by atoms with E-state index in [0.717, 1.165) is 4.47 Å². The number of benzene rings is 2. The average Bonchev–Trinajstić information content (AvgIpc) is 2.95. The lowest BCUT2D eigenvalue weighted by atomic mass is 9.95. The number of carbonyl (C=O) groups is 2. The van der Waals surface area contributed by atoms with E-state index in [1.807, 2.05) is 0 Å². The van der Waals surface area contributed by atoms with Gasteiger partial charge in [0, 0.05) is 15.7 Å². The fourth-order valence-electron chi connectivity index (χ4n) is 3.92. The lowest BCUT2D eigenvalue weighted by molar-refractivity contribution is -0.136. The summed E-state index contributed by atoms with van der Waals surface area (Å²) in [6.07, 6.45) is 5.57. The molecule has 2 aromatic carbocycles. The predicted molar refractivity (Wildman–Crippen MR) is 154 cm³/mol. The number of terminal acetylenes is 1. The SMILES string of the molecule is C#CCOc1c(/C=N/N[C@@H](O)COc2ccc([C@@H]3NC(=O)NC(C)=C3C(=O)OC)cc2OCC)cc(Br)cc1OC. The highest BCUT2D eigenvalue weighted by Gasteiger charge is 2.32. The third-order valence-electron chi connectivity index (χ3n) is 5.67. The van der Waals surface area contributed by atoms with Gasteiger partial charge in [-0.25, -0.2) is 9.59 Å². The van der Waals surface area contributed by atoms with Crippen molar-refractivity contribution >= 4 is 34.1 Å². The Morgan fingerprint density at radius 1 is 1.22 bits per heavy atom. The zero-order chi connectivity index (χ0) is 29.9. The molecular formula is C28H31BrN4O8. The normalized spacial score (nSPS) is 15.3. The molecule has 4 N–H and O–H groups in total. The minimum absolute atomic E-state index is 0.0353. The first-order valence-electron chi connectivity index (χ1n) is 12.4. The molecule has 0 fully saturated rings. The number of allylic oxidation sites excluding steroid dienone is 1. The van der Waals surface area contributed by atoms with Gasteiger partial charge >= 0.3 is 12.0 Å². The highest BCUT2D eigenvalue weighted by atomic mass is 79.9. The first kappa shape index (κ1) is 31.1. The van der Waals surface area contributed by atoms with Crippen molar-refractivity contribution in [3.63, 3.8) is 0 Å². The van der Waals surface area contributed by atoms with Gasteiger partial charge in [0.25, 0.3) is 0 Å². The summed E-state index contributed by atoms with van der Waals surface area (Å²) in [5.74, 6) is 3.37. The molecule has 12 nitrogen and oxygen atoms in total. The molecule has 1 heterocycles. The van der Waals surface area contributed by atoms with E-state index in [1.165, 1.54) is 20.4 Å². The number of aliphatic hydroxyl groups is 1. The van der Waals surface area contributed by atoms with Crippen LogP contribution in [-0.2, 0) is 9.53 Å². The Morgan fingerprint density at radius 2 is 2.00 bits per heavy atom. The van der Waals surface area contributed by atoms with Crippen molar-refractivity contribution in [2.24, 2.45) is 5.10 Å². The molecule has 2 aromatic rings. The molecule has 13 heteroatoms. The van der Waals surface area contributed by atoms with E-state index in [0.29, 0.717) is 46.4 Å². The number of urea groups is 1. The topological polar surface area (TPSA) is 149 Å². The summed E-state index contributed by atoms with van der Waals surface area (Å²) < 4.78 is 28.1. The van der Waals surface area contributed by atoms with Crippen molar-refractivity contribution in [1.29, 1.82) is 0 Å². The maximum atomic E-state index is 12.4. The summed E-state index contributed by atoms with van der Waals surface area (Å²) in [5.41, 5.74) is 4.36. The molecule has 2 atom stereocenters. The number of aliphatic hydroxyl groups excluding tert-OH is 1. The molecule has 0 aromatic heterocycles. The van der Waals surface area contributed by atoms with Crippen LogP contribution in [0.2, 0.25) is 0 Å². The number of methoxy groups -OCH3 is 2. The second-order valence-corrected chi connectivity index (χ2v) is 9.35. The number of hydrogen-bond donors (Lipinski definition) is 4. The Balaban J connectivity index is 1.73. The van der Waals surface area contributed by atoms with Crippen LogP contribution in [0.3, 0.4) is 0 Å². The molecule has 218 valence electrons. The summed E-state index contributed by atoms with van der Waals surface area (Å²) in [4.78, 5) is 24.5. The van der Waals surface area contributed by atoms with E-state index in [1.54, 1.807) is 44.2 Å². The van der Waals surface area contributed by atoms with Crippen molar-refractivity contribution in [2.75, 3.05) is 34.0 Å². The van der Waals surface area contributed by atoms with Gasteiger partial charge in [-0.05, 0) is 43.7 Å². The number of nitrogens with zero attached hydrogens (tertiary/aromatic N) is 1. The number of ether oxygens (including phenoxy) is 5. The van der Waals surface area contributed by atoms with Crippen LogP contribution in [0, 0.1) is 12.3 Å². The maximum absolute atomic E-state index is 12.4. The highest BCUT2D eigenvalue weighted by molar-refractivity contribution is 9.10. The summed E-state index contributed by atoms with van der Waals surface area (Å²) in [5, 5.41) is 19.8. The summed E-state index contributed by atoms with van der Waals surface area (Å²) >= 11 is 3.41. The van der Waals surface area contributed by atoms with Crippen molar-refractivity contribution in [1.82, 2.24) is 16.1 Å². The number of rotatable bonds is 13. The molecule has 0 spiro atoms. The number of carbonyl (C=O) groups excluding carboxylic acids is 2. The molecule has 0 unspecified atom stereocenters. The van der Waals surface area contributed by atoms with E-state index >= 15 is 0 Å². The number of hydrazone groups is 1. The van der Waals surface area contributed by atoms with Crippen LogP contribution in [0.5, 0.6) is 23.0 Å². The van der Waals surface area contributed by atoms with Crippen LogP contribution in [0.1, 0.15) is 31.0 Å². The van der Waals surface area contributed by atoms with E-state index in [2.05, 4.69) is 43.0 Å². The zero-order valence-corrected chi connectivity index (χ0v) is 24.5. The number of nitrogens with one attached hydrogen (secondary N) is 3.